The minimum Gasteiger partial charge on any atom is -0.493 e. The molecular formula is C13H19NO5. The fraction of sp³-hybridized carbons (Fsp3) is 0.462. The Hall–Kier alpha value is -1.79. The van der Waals surface area contributed by atoms with Gasteiger partial charge in [0, 0.05) is 6.54 Å². The number of esters is 1. The summed E-state index contributed by atoms with van der Waals surface area (Å²) in [6, 6.07) is 4.72. The van der Waals surface area contributed by atoms with Gasteiger partial charge in [0.25, 0.3) is 0 Å². The Balaban J connectivity index is 2.76. The summed E-state index contributed by atoms with van der Waals surface area (Å²) >= 11 is 0. The van der Waals surface area contributed by atoms with Crippen molar-refractivity contribution in [3.05, 3.63) is 23.8 Å². The highest BCUT2D eigenvalue weighted by molar-refractivity contribution is 5.90. The molecule has 0 aromatic heterocycles. The van der Waals surface area contributed by atoms with Gasteiger partial charge >= 0.3 is 5.97 Å². The molecule has 1 aromatic carbocycles. The maximum atomic E-state index is 11.4. The van der Waals surface area contributed by atoms with Gasteiger partial charge in [0.1, 0.15) is 12.7 Å². The number of aliphatic hydroxyl groups excluding tert-OH is 1. The average Bonchev–Trinajstić information content (AvgIpc) is 2.44. The van der Waals surface area contributed by atoms with E-state index in [1.807, 2.05) is 0 Å². The fourth-order valence-corrected chi connectivity index (χ4v) is 1.51. The fourth-order valence-electron chi connectivity index (χ4n) is 1.51. The van der Waals surface area contributed by atoms with E-state index in [1.54, 1.807) is 19.2 Å². The van der Waals surface area contributed by atoms with Crippen molar-refractivity contribution in [2.45, 2.75) is 6.10 Å². The summed E-state index contributed by atoms with van der Waals surface area (Å²) in [6.45, 7) is 0.567. The smallest absolute Gasteiger partial charge is 0.337 e. The maximum absolute atomic E-state index is 11.4. The van der Waals surface area contributed by atoms with E-state index in [2.05, 4.69) is 10.1 Å². The highest BCUT2D eigenvalue weighted by Gasteiger charge is 2.12. The zero-order valence-corrected chi connectivity index (χ0v) is 11.3. The maximum Gasteiger partial charge on any atom is 0.337 e. The summed E-state index contributed by atoms with van der Waals surface area (Å²) < 4.78 is 15.2. The molecule has 1 aromatic rings. The van der Waals surface area contributed by atoms with E-state index in [9.17, 15) is 9.90 Å². The van der Waals surface area contributed by atoms with Crippen LogP contribution in [-0.4, -0.2) is 51.6 Å². The first-order chi connectivity index (χ1) is 9.12. The van der Waals surface area contributed by atoms with Crippen LogP contribution in [0.3, 0.4) is 0 Å². The largest absolute Gasteiger partial charge is 0.493 e. The average molecular weight is 269 g/mol. The molecule has 19 heavy (non-hydrogen) atoms. The van der Waals surface area contributed by atoms with Gasteiger partial charge in [-0.05, 0) is 25.2 Å². The Morgan fingerprint density at radius 2 is 2.11 bits per heavy atom. The second-order valence-electron chi connectivity index (χ2n) is 3.88. The molecule has 0 spiro atoms. The number of nitrogens with one attached hydrogen (secondary N) is 1. The molecular weight excluding hydrogens is 250 g/mol. The molecule has 6 nitrogen and oxygen atoms in total. The number of methoxy groups -OCH3 is 2. The number of carbonyl (C=O) groups is 1. The van der Waals surface area contributed by atoms with E-state index in [0.29, 0.717) is 23.6 Å². The number of aliphatic hydroxyl groups is 1. The van der Waals surface area contributed by atoms with Crippen LogP contribution in [0.1, 0.15) is 10.4 Å². The second-order valence-corrected chi connectivity index (χ2v) is 3.88. The van der Waals surface area contributed by atoms with Gasteiger partial charge in [0.2, 0.25) is 0 Å². The van der Waals surface area contributed by atoms with Crippen LogP contribution >= 0.6 is 0 Å². The highest BCUT2D eigenvalue weighted by atomic mass is 16.5. The van der Waals surface area contributed by atoms with Crippen LogP contribution in [0.2, 0.25) is 0 Å². The number of benzene rings is 1. The van der Waals surface area contributed by atoms with Gasteiger partial charge < -0.3 is 24.6 Å². The Morgan fingerprint density at radius 1 is 1.37 bits per heavy atom. The molecule has 1 atom stereocenters. The van der Waals surface area contributed by atoms with Crippen molar-refractivity contribution in [2.75, 3.05) is 34.4 Å². The van der Waals surface area contributed by atoms with Crippen molar-refractivity contribution in [1.82, 2.24) is 5.32 Å². The summed E-state index contributed by atoms with van der Waals surface area (Å²) in [5.74, 6) is 0.435. The summed E-state index contributed by atoms with van der Waals surface area (Å²) in [4.78, 5) is 11.4. The molecule has 0 fully saturated rings. The summed E-state index contributed by atoms with van der Waals surface area (Å²) in [5, 5.41) is 12.4. The minimum absolute atomic E-state index is 0.134. The highest BCUT2D eigenvalue weighted by Crippen LogP contribution is 2.28. The van der Waals surface area contributed by atoms with Gasteiger partial charge in [0.15, 0.2) is 11.5 Å². The molecule has 1 rings (SSSR count). The number of hydrogen-bond donors (Lipinski definition) is 2. The van der Waals surface area contributed by atoms with Gasteiger partial charge in [-0.25, -0.2) is 4.79 Å². The predicted molar refractivity (Wildman–Crippen MR) is 69.8 cm³/mol. The van der Waals surface area contributed by atoms with E-state index < -0.39 is 12.1 Å². The SMILES string of the molecule is CNCC(O)COc1ccc(C(=O)OC)cc1OC. The number of carbonyl (C=O) groups excluding carboxylic acids is 1. The molecule has 1 unspecified atom stereocenters. The van der Waals surface area contributed by atoms with Crippen molar-refractivity contribution in [3.8, 4) is 11.5 Å². The summed E-state index contributed by atoms with van der Waals surface area (Å²) in [5.41, 5.74) is 0.377. The second kappa shape index (κ2) is 7.60. The van der Waals surface area contributed by atoms with Crippen LogP contribution in [0, 0.1) is 0 Å². The summed E-state index contributed by atoms with van der Waals surface area (Å²) in [7, 11) is 4.54. The Kier molecular flexibility index (Phi) is 6.11. The molecule has 6 heteroatoms. The lowest BCUT2D eigenvalue weighted by Crippen LogP contribution is -2.29. The van der Waals surface area contributed by atoms with Crippen molar-refractivity contribution < 1.29 is 24.1 Å². The van der Waals surface area contributed by atoms with Crippen molar-refractivity contribution >= 4 is 5.97 Å². The zero-order chi connectivity index (χ0) is 14.3. The first kappa shape index (κ1) is 15.3. The van der Waals surface area contributed by atoms with Gasteiger partial charge in [-0.2, -0.15) is 0 Å². The topological polar surface area (TPSA) is 77.0 Å². The predicted octanol–water partition coefficient (Wildman–Crippen LogP) is 0.441. The van der Waals surface area contributed by atoms with Crippen molar-refractivity contribution in [2.24, 2.45) is 0 Å². The Labute approximate surface area is 112 Å². The lowest BCUT2D eigenvalue weighted by Gasteiger charge is -2.14. The van der Waals surface area contributed by atoms with Crippen LogP contribution in [0.4, 0.5) is 0 Å². The first-order valence-electron chi connectivity index (χ1n) is 5.84. The molecule has 0 saturated heterocycles. The van der Waals surface area contributed by atoms with Crippen LogP contribution in [-0.2, 0) is 4.74 Å². The standard InChI is InChI=1S/C13H19NO5/c1-14-7-10(15)8-19-11-5-4-9(13(16)18-3)6-12(11)17-2/h4-6,10,14-15H,7-8H2,1-3H3. The van der Waals surface area contributed by atoms with Crippen LogP contribution in [0.5, 0.6) is 11.5 Å². The number of likely N-dealkylation sites (N-methyl/N-ethyl adjacent to an activating group) is 1. The van der Waals surface area contributed by atoms with E-state index >= 15 is 0 Å². The third kappa shape index (κ3) is 4.42. The molecule has 106 valence electrons. The molecule has 0 amide bonds. The third-order valence-electron chi connectivity index (χ3n) is 2.46. The molecule has 2 N–H and O–H groups in total. The molecule has 0 bridgehead atoms. The zero-order valence-electron chi connectivity index (χ0n) is 11.3. The molecule has 0 saturated carbocycles. The molecule has 0 radical (unpaired) electrons. The van der Waals surface area contributed by atoms with E-state index in [0.717, 1.165) is 0 Å². The van der Waals surface area contributed by atoms with Crippen molar-refractivity contribution in [1.29, 1.82) is 0 Å². The quantitative estimate of drug-likeness (QED) is 0.700. The molecule has 0 aliphatic carbocycles. The number of rotatable bonds is 7. The van der Waals surface area contributed by atoms with E-state index in [1.165, 1.54) is 20.3 Å². The lowest BCUT2D eigenvalue weighted by atomic mass is 10.2. The van der Waals surface area contributed by atoms with E-state index in [-0.39, 0.29) is 6.61 Å². The number of hydrogen-bond acceptors (Lipinski definition) is 6. The van der Waals surface area contributed by atoms with E-state index in [4.69, 9.17) is 9.47 Å². The molecule has 0 aliphatic rings. The van der Waals surface area contributed by atoms with Gasteiger partial charge in [0.05, 0.1) is 19.8 Å². The van der Waals surface area contributed by atoms with Gasteiger partial charge in [-0.3, -0.25) is 0 Å². The summed E-state index contributed by atoms with van der Waals surface area (Å²) in [6.07, 6.45) is -0.616. The van der Waals surface area contributed by atoms with Crippen LogP contribution in [0.25, 0.3) is 0 Å². The Bertz CT molecular complexity index is 421. The monoisotopic (exact) mass is 269 g/mol. The first-order valence-corrected chi connectivity index (χ1v) is 5.84. The van der Waals surface area contributed by atoms with Gasteiger partial charge in [-0.1, -0.05) is 0 Å². The van der Waals surface area contributed by atoms with Crippen LogP contribution in [0.15, 0.2) is 18.2 Å². The van der Waals surface area contributed by atoms with Crippen LogP contribution < -0.4 is 14.8 Å². The van der Waals surface area contributed by atoms with Gasteiger partial charge in [-0.15, -0.1) is 0 Å². The minimum atomic E-state index is -0.616. The molecule has 0 aliphatic heterocycles. The van der Waals surface area contributed by atoms with Crippen molar-refractivity contribution in [3.63, 3.8) is 0 Å². The third-order valence-corrected chi connectivity index (χ3v) is 2.46. The number of ether oxygens (including phenoxy) is 3. The molecule has 0 heterocycles. The lowest BCUT2D eigenvalue weighted by molar-refractivity contribution is 0.0600. The Morgan fingerprint density at radius 3 is 2.68 bits per heavy atom. The normalized spacial score (nSPS) is 11.8.